The van der Waals surface area contributed by atoms with Crippen LogP contribution >= 0.6 is 0 Å². The molecule has 1 aliphatic carbocycles. The quantitative estimate of drug-likeness (QED) is 0.280. The Bertz CT molecular complexity index is 1970. The first-order valence-corrected chi connectivity index (χ1v) is 17.2. The summed E-state index contributed by atoms with van der Waals surface area (Å²) in [5.74, 6) is 0.928. The van der Waals surface area contributed by atoms with Crippen molar-refractivity contribution in [3.63, 3.8) is 0 Å². The Hall–Kier alpha value is -3.45. The molecule has 228 valence electrons. The summed E-state index contributed by atoms with van der Waals surface area (Å²) < 4.78 is 65.0. The molecule has 0 unspecified atom stereocenters. The van der Waals surface area contributed by atoms with Crippen LogP contribution in [-0.4, -0.2) is 74.4 Å². The Balaban J connectivity index is 1.51. The number of nitrogens with zero attached hydrogens (tertiary/aromatic N) is 4. The van der Waals surface area contributed by atoms with Gasteiger partial charge in [0.25, 0.3) is 15.6 Å². The van der Waals surface area contributed by atoms with Gasteiger partial charge in [0, 0.05) is 55.1 Å². The van der Waals surface area contributed by atoms with Gasteiger partial charge in [-0.2, -0.15) is 4.31 Å². The van der Waals surface area contributed by atoms with Crippen LogP contribution in [0.25, 0.3) is 22.0 Å². The highest BCUT2D eigenvalue weighted by molar-refractivity contribution is 7.90. The highest BCUT2D eigenvalue weighted by Gasteiger charge is 2.34. The van der Waals surface area contributed by atoms with E-state index in [1.54, 1.807) is 49.6 Å². The summed E-state index contributed by atoms with van der Waals surface area (Å²) in [6.45, 7) is 3.18. The number of sulfonamides is 1. The van der Waals surface area contributed by atoms with Crippen LogP contribution in [-0.2, 0) is 27.1 Å². The summed E-state index contributed by atoms with van der Waals surface area (Å²) in [6, 6.07) is 13.0. The minimum atomic E-state index is -4.09. The van der Waals surface area contributed by atoms with Crippen molar-refractivity contribution in [1.82, 2.24) is 17.7 Å². The number of rotatable bonds is 9. The largest absolute Gasteiger partial charge is 0.493 e. The van der Waals surface area contributed by atoms with Crippen LogP contribution in [0.5, 0.6) is 5.75 Å². The number of benzene rings is 2. The molecule has 2 aliphatic rings. The SMILES string of the molecule is Cc1ccc(S(=O)(=O)n2ccc3c(-c4cc(S(=O)(=O)N5CC[C@H](N(C)C)C5)ccc4OCC4CC4)cn(C)c(=O)c32)cc1. The smallest absolute Gasteiger partial charge is 0.275 e. The summed E-state index contributed by atoms with van der Waals surface area (Å²) in [7, 11) is -2.46. The number of hydrogen-bond acceptors (Lipinski definition) is 7. The van der Waals surface area contributed by atoms with Gasteiger partial charge in [-0.05, 0) is 82.6 Å². The van der Waals surface area contributed by atoms with Crippen molar-refractivity contribution in [1.29, 1.82) is 0 Å². The van der Waals surface area contributed by atoms with Crippen LogP contribution in [0.15, 0.2) is 75.5 Å². The zero-order valence-corrected chi connectivity index (χ0v) is 26.4. The molecule has 12 heteroatoms. The van der Waals surface area contributed by atoms with Gasteiger partial charge in [0.05, 0.1) is 16.4 Å². The first-order chi connectivity index (χ1) is 20.4. The standard InChI is InChI=1S/C31H36N4O6S2/c1-21-5-9-24(10-6-21)43(39,40)35-16-14-26-28(19-33(4)31(36)30(26)35)27-17-25(11-12-29(27)41-20-22-7-8-22)42(37,38)34-15-13-23(18-34)32(2)3/h5-6,9-12,14,16-17,19,22-23H,7-8,13,15,18,20H2,1-4H3/t23-/m0/s1. The van der Waals surface area contributed by atoms with Crippen LogP contribution < -0.4 is 10.3 Å². The second kappa shape index (κ2) is 10.9. The topological polar surface area (TPSA) is 111 Å². The molecule has 1 aliphatic heterocycles. The second-order valence-electron chi connectivity index (χ2n) is 11.8. The summed E-state index contributed by atoms with van der Waals surface area (Å²) >= 11 is 0. The maximum absolute atomic E-state index is 13.8. The molecule has 1 saturated carbocycles. The monoisotopic (exact) mass is 624 g/mol. The molecule has 2 aromatic carbocycles. The van der Waals surface area contributed by atoms with Gasteiger partial charge in [-0.15, -0.1) is 0 Å². The Kier molecular flexibility index (Phi) is 7.52. The molecule has 43 heavy (non-hydrogen) atoms. The number of pyridine rings is 1. The Morgan fingerprint density at radius 3 is 2.26 bits per heavy atom. The van der Waals surface area contributed by atoms with E-state index in [0.29, 0.717) is 47.9 Å². The molecule has 0 N–H and O–H groups in total. The molecule has 10 nitrogen and oxygen atoms in total. The zero-order valence-electron chi connectivity index (χ0n) is 24.7. The first kappa shape index (κ1) is 29.6. The van der Waals surface area contributed by atoms with Crippen molar-refractivity contribution in [2.45, 2.75) is 42.0 Å². The van der Waals surface area contributed by atoms with Gasteiger partial charge in [0.1, 0.15) is 11.3 Å². The average Bonchev–Trinajstić information content (AvgIpc) is 3.45. The lowest BCUT2D eigenvalue weighted by Crippen LogP contribution is -2.34. The van der Waals surface area contributed by atoms with Gasteiger partial charge in [0.2, 0.25) is 10.0 Å². The Morgan fingerprint density at radius 1 is 0.907 bits per heavy atom. The molecular formula is C31H36N4O6S2. The van der Waals surface area contributed by atoms with Crippen LogP contribution in [0.4, 0.5) is 0 Å². The summed E-state index contributed by atoms with van der Waals surface area (Å²) in [6.07, 6.45) is 5.89. The minimum Gasteiger partial charge on any atom is -0.493 e. The van der Waals surface area contributed by atoms with E-state index in [1.807, 2.05) is 25.9 Å². The summed E-state index contributed by atoms with van der Waals surface area (Å²) in [5, 5.41) is 0.387. The fourth-order valence-electron chi connectivity index (χ4n) is 5.57. The normalized spacial score (nSPS) is 18.1. The van der Waals surface area contributed by atoms with Crippen molar-refractivity contribution in [2.24, 2.45) is 13.0 Å². The van der Waals surface area contributed by atoms with Crippen LogP contribution in [0.2, 0.25) is 0 Å². The third-order valence-electron chi connectivity index (χ3n) is 8.47. The van der Waals surface area contributed by atoms with Crippen molar-refractivity contribution < 1.29 is 21.6 Å². The first-order valence-electron chi connectivity index (χ1n) is 14.3. The van der Waals surface area contributed by atoms with Crippen molar-refractivity contribution in [3.05, 3.63) is 76.8 Å². The van der Waals surface area contributed by atoms with Crippen LogP contribution in [0, 0.1) is 12.8 Å². The number of hydrogen-bond donors (Lipinski definition) is 0. The molecule has 0 radical (unpaired) electrons. The third kappa shape index (κ3) is 5.41. The predicted molar refractivity (Wildman–Crippen MR) is 165 cm³/mol. The minimum absolute atomic E-state index is 0.0182. The van der Waals surface area contributed by atoms with Gasteiger partial charge in [-0.3, -0.25) is 4.79 Å². The van der Waals surface area contributed by atoms with E-state index in [9.17, 15) is 21.6 Å². The van der Waals surface area contributed by atoms with Gasteiger partial charge < -0.3 is 14.2 Å². The molecule has 0 spiro atoms. The molecule has 6 rings (SSSR count). The van der Waals surface area contributed by atoms with Crippen molar-refractivity contribution in [2.75, 3.05) is 33.8 Å². The highest BCUT2D eigenvalue weighted by atomic mass is 32.2. The van der Waals surface area contributed by atoms with E-state index in [1.165, 1.54) is 27.2 Å². The highest BCUT2D eigenvalue weighted by Crippen LogP contribution is 2.39. The number of ether oxygens (including phenoxy) is 1. The lowest BCUT2D eigenvalue weighted by atomic mass is 10.0. The molecule has 2 fully saturated rings. The predicted octanol–water partition coefficient (Wildman–Crippen LogP) is 3.67. The van der Waals surface area contributed by atoms with Crippen molar-refractivity contribution >= 4 is 30.9 Å². The zero-order chi connectivity index (χ0) is 30.7. The summed E-state index contributed by atoms with van der Waals surface area (Å²) in [5.41, 5.74) is 1.39. The Morgan fingerprint density at radius 2 is 1.60 bits per heavy atom. The van der Waals surface area contributed by atoms with E-state index in [4.69, 9.17) is 4.74 Å². The molecule has 4 aromatic rings. The maximum Gasteiger partial charge on any atom is 0.275 e. The Labute approximate surface area is 252 Å². The molecular weight excluding hydrogens is 588 g/mol. The van der Waals surface area contributed by atoms with Crippen LogP contribution in [0.1, 0.15) is 24.8 Å². The lowest BCUT2D eigenvalue weighted by Gasteiger charge is -2.21. The lowest BCUT2D eigenvalue weighted by molar-refractivity contribution is 0.300. The van der Waals surface area contributed by atoms with Crippen LogP contribution in [0.3, 0.4) is 0 Å². The van der Waals surface area contributed by atoms with Crippen molar-refractivity contribution in [3.8, 4) is 16.9 Å². The van der Waals surface area contributed by atoms with E-state index in [-0.39, 0.29) is 21.3 Å². The van der Waals surface area contributed by atoms with Gasteiger partial charge in [-0.25, -0.2) is 20.8 Å². The molecule has 0 amide bonds. The fourth-order valence-corrected chi connectivity index (χ4v) is 8.43. The molecule has 3 heterocycles. The average molecular weight is 625 g/mol. The van der Waals surface area contributed by atoms with E-state index in [2.05, 4.69) is 0 Å². The van der Waals surface area contributed by atoms with Gasteiger partial charge in [0.15, 0.2) is 0 Å². The van der Waals surface area contributed by atoms with Gasteiger partial charge >= 0.3 is 0 Å². The maximum atomic E-state index is 13.8. The molecule has 1 atom stereocenters. The van der Waals surface area contributed by atoms with E-state index in [0.717, 1.165) is 28.8 Å². The van der Waals surface area contributed by atoms with Gasteiger partial charge in [-0.1, -0.05) is 17.7 Å². The number of aryl methyl sites for hydroxylation is 2. The van der Waals surface area contributed by atoms with E-state index < -0.39 is 25.6 Å². The number of fused-ring (bicyclic) bond motifs is 1. The van der Waals surface area contributed by atoms with E-state index >= 15 is 0 Å². The summed E-state index contributed by atoms with van der Waals surface area (Å²) in [4.78, 5) is 15.7. The number of aromatic nitrogens is 2. The second-order valence-corrected chi connectivity index (χ2v) is 15.6. The molecule has 2 aromatic heterocycles. The number of likely N-dealkylation sites (N-methyl/N-ethyl adjacent to an activating group) is 1. The molecule has 1 saturated heterocycles. The fraction of sp³-hybridized carbons (Fsp3) is 0.387. The third-order valence-corrected chi connectivity index (χ3v) is 12.0. The molecule has 0 bridgehead atoms.